The highest BCUT2D eigenvalue weighted by Crippen LogP contribution is 2.21. The number of hydrogen-bond acceptors (Lipinski definition) is 2. The van der Waals surface area contributed by atoms with Crippen molar-refractivity contribution in [1.29, 1.82) is 0 Å². The second kappa shape index (κ2) is 24.2. The lowest BCUT2D eigenvalue weighted by Crippen LogP contribution is -2.22. The summed E-state index contributed by atoms with van der Waals surface area (Å²) in [6, 6.07) is 3.92. The Labute approximate surface area is 283 Å². The minimum absolute atomic E-state index is 0.733. The zero-order valence-corrected chi connectivity index (χ0v) is 30.9. The van der Waals surface area contributed by atoms with Crippen molar-refractivity contribution >= 4 is 17.2 Å². The molecule has 0 saturated carbocycles. The smallest absolute Gasteiger partial charge is 0.108 e. The SMILES string of the molecule is CC(C)=CCC(C)=CCCC(=CCCC(=CCCC(=CCNC(=S)c1cccnc1)CC=C(C)C)CC=C(C)C)CC=C(C)C. The Morgan fingerprint density at radius 1 is 0.600 bits per heavy atom. The summed E-state index contributed by atoms with van der Waals surface area (Å²) in [5, 5.41) is 3.39. The first-order valence-electron chi connectivity index (χ1n) is 16.9. The number of allylic oxidation sites excluding steroid dienone is 15. The highest BCUT2D eigenvalue weighted by Gasteiger charge is 2.03. The Balaban J connectivity index is 2.93. The highest BCUT2D eigenvalue weighted by atomic mass is 32.1. The molecule has 1 rings (SSSR count). The first kappa shape index (κ1) is 40.0. The molecule has 0 fully saturated rings. The summed E-state index contributed by atoms with van der Waals surface area (Å²) in [7, 11) is 0. The van der Waals surface area contributed by atoms with Crippen LogP contribution in [0.2, 0.25) is 0 Å². The van der Waals surface area contributed by atoms with E-state index in [-0.39, 0.29) is 0 Å². The molecule has 1 N–H and O–H groups in total. The van der Waals surface area contributed by atoms with Crippen molar-refractivity contribution in [1.82, 2.24) is 10.3 Å². The standard InChI is InChI=1S/C42H62N2S/c1-33(2)21-25-37(9)14-10-15-38(26-22-34(3)4)16-11-17-39(27-23-35(5)6)18-12-19-40(28-24-36(7)8)29-31-44-42(45)41-20-13-30-43-32-41/h13-14,16,18,20-24,29-30,32H,10-12,15,17,19,25-28,31H2,1-9H3,(H,44,45). The number of rotatable bonds is 20. The summed E-state index contributed by atoms with van der Waals surface area (Å²) < 4.78 is 0. The lowest BCUT2D eigenvalue weighted by atomic mass is 9.98. The molecular formula is C42H62N2S. The third-order valence-corrected chi connectivity index (χ3v) is 7.86. The Kier molecular flexibility index (Phi) is 21.5. The van der Waals surface area contributed by atoms with Gasteiger partial charge in [-0.25, -0.2) is 0 Å². The van der Waals surface area contributed by atoms with E-state index in [1.165, 1.54) is 33.4 Å². The van der Waals surface area contributed by atoms with Crippen LogP contribution in [0.25, 0.3) is 0 Å². The number of pyridine rings is 1. The van der Waals surface area contributed by atoms with Crippen LogP contribution in [0.15, 0.2) is 118 Å². The van der Waals surface area contributed by atoms with Crippen molar-refractivity contribution in [2.75, 3.05) is 6.54 Å². The van der Waals surface area contributed by atoms with Gasteiger partial charge in [-0.05, 0) is 139 Å². The predicted molar refractivity (Wildman–Crippen MR) is 206 cm³/mol. The van der Waals surface area contributed by atoms with Crippen molar-refractivity contribution in [3.63, 3.8) is 0 Å². The largest absolute Gasteiger partial charge is 0.372 e. The molecule has 2 nitrogen and oxygen atoms in total. The Bertz CT molecular complexity index is 1260. The van der Waals surface area contributed by atoms with E-state index in [9.17, 15) is 0 Å². The molecule has 45 heavy (non-hydrogen) atoms. The van der Waals surface area contributed by atoms with Crippen LogP contribution in [0.1, 0.15) is 132 Å². The van der Waals surface area contributed by atoms with E-state index in [0.717, 1.165) is 81.3 Å². The van der Waals surface area contributed by atoms with E-state index in [1.54, 1.807) is 17.3 Å². The number of nitrogens with zero attached hydrogens (tertiary/aromatic N) is 1. The van der Waals surface area contributed by atoms with Crippen LogP contribution in [0.5, 0.6) is 0 Å². The molecule has 1 heterocycles. The van der Waals surface area contributed by atoms with Gasteiger partial charge in [-0.2, -0.15) is 0 Å². The maximum atomic E-state index is 5.57. The van der Waals surface area contributed by atoms with Gasteiger partial charge >= 0.3 is 0 Å². The van der Waals surface area contributed by atoms with Crippen molar-refractivity contribution in [2.24, 2.45) is 0 Å². The van der Waals surface area contributed by atoms with Crippen LogP contribution in [-0.4, -0.2) is 16.5 Å². The fraction of sp³-hybridized carbons (Fsp3) is 0.476. The van der Waals surface area contributed by atoms with Gasteiger partial charge in [-0.3, -0.25) is 4.98 Å². The Morgan fingerprint density at radius 2 is 1.04 bits per heavy atom. The van der Waals surface area contributed by atoms with Crippen molar-refractivity contribution in [3.05, 3.63) is 123 Å². The van der Waals surface area contributed by atoms with Crippen molar-refractivity contribution < 1.29 is 0 Å². The first-order valence-corrected chi connectivity index (χ1v) is 17.3. The van der Waals surface area contributed by atoms with Gasteiger partial charge in [0.1, 0.15) is 4.99 Å². The summed E-state index contributed by atoms with van der Waals surface area (Å²) in [6.45, 7) is 20.5. The number of hydrogen-bond donors (Lipinski definition) is 1. The van der Waals surface area contributed by atoms with E-state index >= 15 is 0 Å². The van der Waals surface area contributed by atoms with Crippen LogP contribution >= 0.6 is 12.2 Å². The lowest BCUT2D eigenvalue weighted by Gasteiger charge is -2.10. The third kappa shape index (κ3) is 22.2. The van der Waals surface area contributed by atoms with Gasteiger partial charge in [0.15, 0.2) is 0 Å². The predicted octanol–water partition coefficient (Wildman–Crippen LogP) is 12.8. The summed E-state index contributed by atoms with van der Waals surface area (Å²) in [6.07, 6.45) is 33.5. The summed E-state index contributed by atoms with van der Waals surface area (Å²) in [5.41, 5.74) is 12.5. The number of nitrogens with one attached hydrogen (secondary N) is 1. The van der Waals surface area contributed by atoms with E-state index in [2.05, 4.69) is 121 Å². The van der Waals surface area contributed by atoms with Crippen LogP contribution < -0.4 is 5.32 Å². The average Bonchev–Trinajstić information content (AvgIpc) is 2.99. The second-order valence-electron chi connectivity index (χ2n) is 13.1. The van der Waals surface area contributed by atoms with Crippen molar-refractivity contribution in [3.8, 4) is 0 Å². The van der Waals surface area contributed by atoms with Crippen molar-refractivity contribution in [2.45, 2.75) is 127 Å². The molecule has 1 aromatic heterocycles. The van der Waals surface area contributed by atoms with Crippen LogP contribution in [0.4, 0.5) is 0 Å². The molecule has 0 amide bonds. The van der Waals surface area contributed by atoms with Crippen LogP contribution in [0.3, 0.4) is 0 Å². The molecular weight excluding hydrogens is 565 g/mol. The zero-order valence-electron chi connectivity index (χ0n) is 30.1. The fourth-order valence-corrected chi connectivity index (χ4v) is 4.84. The molecule has 0 spiro atoms. The molecule has 0 unspecified atom stereocenters. The summed E-state index contributed by atoms with van der Waals surface area (Å²) in [5.74, 6) is 0. The first-order chi connectivity index (χ1) is 21.5. The lowest BCUT2D eigenvalue weighted by molar-refractivity contribution is 0.859. The Hall–Kier alpha value is -3.04. The maximum Gasteiger partial charge on any atom is 0.108 e. The minimum atomic E-state index is 0.733. The van der Waals surface area contributed by atoms with Gasteiger partial charge in [0, 0.05) is 24.5 Å². The van der Waals surface area contributed by atoms with Gasteiger partial charge < -0.3 is 5.32 Å². The third-order valence-electron chi connectivity index (χ3n) is 7.48. The van der Waals surface area contributed by atoms with Crippen LogP contribution in [0, 0.1) is 0 Å². The molecule has 0 aromatic carbocycles. The average molecular weight is 627 g/mol. The van der Waals surface area contributed by atoms with Gasteiger partial charge in [0.2, 0.25) is 0 Å². The summed E-state index contributed by atoms with van der Waals surface area (Å²) in [4.78, 5) is 4.93. The van der Waals surface area contributed by atoms with E-state index in [4.69, 9.17) is 12.2 Å². The van der Waals surface area contributed by atoms with Gasteiger partial charge in [-0.1, -0.05) is 105 Å². The highest BCUT2D eigenvalue weighted by molar-refractivity contribution is 7.80. The monoisotopic (exact) mass is 626 g/mol. The van der Waals surface area contributed by atoms with E-state index in [0.29, 0.717) is 0 Å². The van der Waals surface area contributed by atoms with E-state index in [1.807, 2.05) is 18.3 Å². The molecule has 0 radical (unpaired) electrons. The summed E-state index contributed by atoms with van der Waals surface area (Å²) >= 11 is 5.57. The molecule has 246 valence electrons. The molecule has 0 aliphatic heterocycles. The topological polar surface area (TPSA) is 24.9 Å². The fourth-order valence-electron chi connectivity index (χ4n) is 4.63. The molecule has 0 atom stereocenters. The minimum Gasteiger partial charge on any atom is -0.372 e. The number of aromatic nitrogens is 1. The Morgan fingerprint density at radius 3 is 1.49 bits per heavy atom. The quantitative estimate of drug-likeness (QED) is 0.115. The molecule has 3 heteroatoms. The maximum absolute atomic E-state index is 5.57. The molecule has 0 aliphatic carbocycles. The van der Waals surface area contributed by atoms with Gasteiger partial charge in [-0.15, -0.1) is 0 Å². The molecule has 0 saturated heterocycles. The normalized spacial score (nSPS) is 12.4. The molecule has 0 aliphatic rings. The second-order valence-corrected chi connectivity index (χ2v) is 13.6. The van der Waals surface area contributed by atoms with E-state index < -0.39 is 0 Å². The zero-order chi connectivity index (χ0) is 33.5. The van der Waals surface area contributed by atoms with Crippen LogP contribution in [-0.2, 0) is 0 Å². The van der Waals surface area contributed by atoms with Gasteiger partial charge in [0.25, 0.3) is 0 Å². The molecule has 1 aromatic rings. The number of thiocarbonyl (C=S) groups is 1. The molecule has 0 bridgehead atoms. The van der Waals surface area contributed by atoms with Gasteiger partial charge in [0.05, 0.1) is 0 Å².